The van der Waals surface area contributed by atoms with Crippen molar-refractivity contribution in [2.24, 2.45) is 0 Å². The Labute approximate surface area is 186 Å². The predicted octanol–water partition coefficient (Wildman–Crippen LogP) is 3.26. The van der Waals surface area contributed by atoms with E-state index in [1.807, 2.05) is 60.0 Å². The number of rotatable bonds is 7. The molecule has 0 unspecified atom stereocenters. The number of amides is 1. The molecule has 0 aliphatic rings. The van der Waals surface area contributed by atoms with Crippen molar-refractivity contribution >= 4 is 39.2 Å². The van der Waals surface area contributed by atoms with E-state index in [0.29, 0.717) is 21.9 Å². The lowest BCUT2D eigenvalue weighted by atomic mass is 10.1. The molecule has 3 N–H and O–H groups in total. The zero-order chi connectivity index (χ0) is 21.8. The van der Waals surface area contributed by atoms with E-state index >= 15 is 0 Å². The van der Waals surface area contributed by atoms with Crippen molar-refractivity contribution in [3.63, 3.8) is 0 Å². The number of benzene rings is 2. The van der Waals surface area contributed by atoms with Crippen molar-refractivity contribution in [3.05, 3.63) is 75.9 Å². The number of fused-ring (bicyclic) bond motifs is 1. The van der Waals surface area contributed by atoms with Gasteiger partial charge in [-0.25, -0.2) is 9.66 Å². The molecule has 4 aromatic rings. The maximum absolute atomic E-state index is 12.9. The van der Waals surface area contributed by atoms with Gasteiger partial charge in [-0.2, -0.15) is 0 Å². The molecular weight excluding hydrogens is 432 g/mol. The summed E-state index contributed by atoms with van der Waals surface area (Å²) in [6.45, 7) is 0.399. The minimum Gasteiger partial charge on any atom is -0.497 e. The van der Waals surface area contributed by atoms with Crippen LogP contribution in [0, 0.1) is 0 Å². The monoisotopic (exact) mass is 452 g/mol. The van der Waals surface area contributed by atoms with Gasteiger partial charge in [-0.15, -0.1) is 11.3 Å². The van der Waals surface area contributed by atoms with Gasteiger partial charge in [0.2, 0.25) is 5.91 Å². The molecule has 9 heteroatoms. The summed E-state index contributed by atoms with van der Waals surface area (Å²) in [5.74, 6) is 6.70. The number of thiophene rings is 1. The quantitative estimate of drug-likeness (QED) is 0.254. The van der Waals surface area contributed by atoms with E-state index in [9.17, 15) is 9.59 Å². The van der Waals surface area contributed by atoms with Crippen LogP contribution in [0.25, 0.3) is 21.3 Å². The number of nitrogen functional groups attached to an aromatic ring is 1. The third kappa shape index (κ3) is 4.57. The van der Waals surface area contributed by atoms with E-state index in [1.165, 1.54) is 11.3 Å². The normalized spacial score (nSPS) is 10.9. The summed E-state index contributed by atoms with van der Waals surface area (Å²) in [4.78, 5) is 30.3. The Morgan fingerprint density at radius 2 is 1.94 bits per heavy atom. The minimum atomic E-state index is -0.328. The first kappa shape index (κ1) is 21.0. The zero-order valence-corrected chi connectivity index (χ0v) is 18.3. The Kier molecular flexibility index (Phi) is 6.24. The second kappa shape index (κ2) is 9.23. The van der Waals surface area contributed by atoms with Crippen LogP contribution in [0.3, 0.4) is 0 Å². The molecule has 2 aromatic carbocycles. The highest BCUT2D eigenvalue weighted by atomic mass is 32.2. The summed E-state index contributed by atoms with van der Waals surface area (Å²) < 4.78 is 6.14. The van der Waals surface area contributed by atoms with Crippen LogP contribution in [0.15, 0.2) is 69.9 Å². The summed E-state index contributed by atoms with van der Waals surface area (Å²) in [5.41, 5.74) is 2.38. The van der Waals surface area contributed by atoms with E-state index in [1.54, 1.807) is 7.11 Å². The largest absolute Gasteiger partial charge is 0.497 e. The highest BCUT2D eigenvalue weighted by molar-refractivity contribution is 7.99. The lowest BCUT2D eigenvalue weighted by Gasteiger charge is -2.09. The number of hydrogen-bond donors (Lipinski definition) is 2. The molecule has 0 spiro atoms. The van der Waals surface area contributed by atoms with Gasteiger partial charge in [0.15, 0.2) is 5.16 Å². The van der Waals surface area contributed by atoms with Crippen LogP contribution in [-0.4, -0.2) is 28.4 Å². The Morgan fingerprint density at radius 3 is 2.65 bits per heavy atom. The van der Waals surface area contributed by atoms with Crippen LogP contribution in [0.2, 0.25) is 0 Å². The number of ether oxygens (including phenoxy) is 1. The second-order valence-electron chi connectivity index (χ2n) is 6.68. The Bertz CT molecular complexity index is 1270. The molecule has 0 radical (unpaired) electrons. The number of thioether (sulfide) groups is 1. The number of nitrogens with two attached hydrogens (primary N) is 1. The molecule has 0 saturated carbocycles. The number of carbonyl (C=O) groups excluding carboxylic acids is 1. The molecular formula is C22H20N4O3S2. The summed E-state index contributed by atoms with van der Waals surface area (Å²) >= 11 is 2.52. The molecule has 31 heavy (non-hydrogen) atoms. The predicted molar refractivity (Wildman–Crippen MR) is 125 cm³/mol. The van der Waals surface area contributed by atoms with E-state index in [2.05, 4.69) is 10.3 Å². The van der Waals surface area contributed by atoms with Crippen molar-refractivity contribution in [2.75, 3.05) is 18.7 Å². The van der Waals surface area contributed by atoms with E-state index < -0.39 is 0 Å². The number of nitrogens with zero attached hydrogens (tertiary/aromatic N) is 2. The minimum absolute atomic E-state index is 0.0994. The second-order valence-corrected chi connectivity index (χ2v) is 8.48. The first-order chi connectivity index (χ1) is 15.1. The zero-order valence-electron chi connectivity index (χ0n) is 16.7. The van der Waals surface area contributed by atoms with Crippen LogP contribution >= 0.6 is 23.1 Å². The van der Waals surface area contributed by atoms with E-state index in [4.69, 9.17) is 10.6 Å². The van der Waals surface area contributed by atoms with Crippen molar-refractivity contribution in [1.82, 2.24) is 15.0 Å². The van der Waals surface area contributed by atoms with Crippen LogP contribution in [0.4, 0.5) is 0 Å². The van der Waals surface area contributed by atoms with Crippen LogP contribution in [0.5, 0.6) is 5.75 Å². The van der Waals surface area contributed by atoms with Crippen molar-refractivity contribution in [2.45, 2.75) is 11.7 Å². The molecule has 0 saturated heterocycles. The standard InChI is InChI=1S/C22H20N4O3S2/c1-29-16-9-7-14(8-10-16)11-24-18(27)13-31-22-25-20-19(21(28)26(22)23)17(12-30-20)15-5-3-2-4-6-15/h2-10,12H,11,13,23H2,1H3,(H,24,27). The number of hydrogen-bond acceptors (Lipinski definition) is 7. The lowest BCUT2D eigenvalue weighted by molar-refractivity contribution is -0.118. The van der Waals surface area contributed by atoms with Crippen molar-refractivity contribution < 1.29 is 9.53 Å². The molecule has 0 aliphatic carbocycles. The fourth-order valence-electron chi connectivity index (χ4n) is 3.04. The molecule has 2 aromatic heterocycles. The number of carbonyl (C=O) groups is 1. The first-order valence-corrected chi connectivity index (χ1v) is 11.3. The number of nitrogens with one attached hydrogen (secondary N) is 1. The summed E-state index contributed by atoms with van der Waals surface area (Å²) in [6.07, 6.45) is 0. The van der Waals surface area contributed by atoms with Crippen molar-refractivity contribution in [3.8, 4) is 16.9 Å². The maximum Gasteiger partial charge on any atom is 0.282 e. The van der Waals surface area contributed by atoms with Gasteiger partial charge in [-0.1, -0.05) is 54.2 Å². The molecule has 7 nitrogen and oxygen atoms in total. The molecule has 2 heterocycles. The molecule has 1 amide bonds. The third-order valence-corrected chi connectivity index (χ3v) is 6.50. The average Bonchev–Trinajstić information content (AvgIpc) is 3.24. The smallest absolute Gasteiger partial charge is 0.282 e. The summed E-state index contributed by atoms with van der Waals surface area (Å²) in [5, 5.41) is 5.55. The van der Waals surface area contributed by atoms with Gasteiger partial charge < -0.3 is 15.9 Å². The van der Waals surface area contributed by atoms with Gasteiger partial charge >= 0.3 is 0 Å². The molecule has 0 fully saturated rings. The fraction of sp³-hybridized carbons (Fsp3) is 0.136. The maximum atomic E-state index is 12.9. The Balaban J connectivity index is 1.45. The van der Waals surface area contributed by atoms with Crippen molar-refractivity contribution in [1.29, 1.82) is 0 Å². The highest BCUT2D eigenvalue weighted by Crippen LogP contribution is 2.31. The van der Waals surface area contributed by atoms with Crippen LogP contribution in [-0.2, 0) is 11.3 Å². The molecule has 0 atom stereocenters. The van der Waals surface area contributed by atoms with Gasteiger partial charge in [0.05, 0.1) is 18.2 Å². The highest BCUT2D eigenvalue weighted by Gasteiger charge is 2.17. The van der Waals surface area contributed by atoms with E-state index in [-0.39, 0.29) is 17.2 Å². The van der Waals surface area contributed by atoms with Gasteiger partial charge in [0, 0.05) is 17.5 Å². The molecule has 158 valence electrons. The van der Waals surface area contributed by atoms with Gasteiger partial charge in [-0.05, 0) is 23.3 Å². The molecule has 4 rings (SSSR count). The first-order valence-electron chi connectivity index (χ1n) is 9.44. The average molecular weight is 453 g/mol. The Morgan fingerprint density at radius 1 is 1.19 bits per heavy atom. The number of methoxy groups -OCH3 is 1. The fourth-order valence-corrected chi connectivity index (χ4v) is 4.78. The summed E-state index contributed by atoms with van der Waals surface area (Å²) in [7, 11) is 1.61. The van der Waals surface area contributed by atoms with Gasteiger partial charge in [-0.3, -0.25) is 9.59 Å². The van der Waals surface area contributed by atoms with Crippen LogP contribution in [0.1, 0.15) is 5.56 Å². The van der Waals surface area contributed by atoms with Crippen LogP contribution < -0.4 is 21.5 Å². The third-order valence-electron chi connectivity index (χ3n) is 4.67. The number of aromatic nitrogens is 2. The molecule has 0 bridgehead atoms. The Hall–Kier alpha value is -3.30. The van der Waals surface area contributed by atoms with Gasteiger partial charge in [0.25, 0.3) is 5.56 Å². The summed E-state index contributed by atoms with van der Waals surface area (Å²) in [6, 6.07) is 17.1. The van der Waals surface area contributed by atoms with E-state index in [0.717, 1.165) is 38.9 Å². The topological polar surface area (TPSA) is 99.2 Å². The lowest BCUT2D eigenvalue weighted by Crippen LogP contribution is -2.30. The van der Waals surface area contributed by atoms with Gasteiger partial charge in [0.1, 0.15) is 10.6 Å². The molecule has 0 aliphatic heterocycles. The SMILES string of the molecule is COc1ccc(CNC(=O)CSc2nc3scc(-c4ccccc4)c3c(=O)n2N)cc1.